The van der Waals surface area contributed by atoms with Gasteiger partial charge in [-0.2, -0.15) is 0 Å². The van der Waals surface area contributed by atoms with Crippen LogP contribution in [0.1, 0.15) is 11.1 Å². The molecule has 0 amide bonds. The molecule has 0 fully saturated rings. The molecule has 0 aliphatic carbocycles. The fourth-order valence-electron chi connectivity index (χ4n) is 2.38. The molecule has 1 aromatic heterocycles. The minimum absolute atomic E-state index is 0.192. The van der Waals surface area contributed by atoms with Gasteiger partial charge in [-0.15, -0.1) is 0 Å². The van der Waals surface area contributed by atoms with Crippen molar-refractivity contribution in [2.45, 2.75) is 13.5 Å². The highest BCUT2D eigenvalue weighted by Gasteiger charge is 2.05. The van der Waals surface area contributed by atoms with Crippen molar-refractivity contribution in [2.24, 2.45) is 0 Å². The molecular weight excluding hydrogens is 239 g/mol. The second-order valence-electron chi connectivity index (χ2n) is 4.81. The van der Waals surface area contributed by atoms with Crippen LogP contribution in [0.3, 0.4) is 0 Å². The van der Waals surface area contributed by atoms with Crippen LogP contribution in [0.5, 0.6) is 0 Å². The molecule has 0 aliphatic heterocycles. The Morgan fingerprint density at radius 2 is 2.00 bits per heavy atom. The molecule has 1 heterocycles. The van der Waals surface area contributed by atoms with Gasteiger partial charge in [0.25, 0.3) is 0 Å². The van der Waals surface area contributed by atoms with Gasteiger partial charge in [0, 0.05) is 23.6 Å². The lowest BCUT2D eigenvalue weighted by atomic mass is 10.1. The Morgan fingerprint density at radius 3 is 2.79 bits per heavy atom. The van der Waals surface area contributed by atoms with Gasteiger partial charge in [0.2, 0.25) is 0 Å². The van der Waals surface area contributed by atoms with Gasteiger partial charge < -0.3 is 10.3 Å². The third-order valence-corrected chi connectivity index (χ3v) is 3.45. The predicted molar refractivity (Wildman–Crippen MR) is 76.6 cm³/mol. The zero-order valence-electron chi connectivity index (χ0n) is 10.7. The Morgan fingerprint density at radius 1 is 1.16 bits per heavy atom. The van der Waals surface area contributed by atoms with E-state index in [1.54, 1.807) is 6.07 Å². The standard InChI is InChI=1S/C16H15FN2/c1-11-3-2-4-16-13(11)7-8-19(16)10-12-5-6-15(18)14(17)9-12/h2-9H,10,18H2,1H3. The van der Waals surface area contributed by atoms with Crippen molar-refractivity contribution >= 4 is 16.6 Å². The highest BCUT2D eigenvalue weighted by Crippen LogP contribution is 2.21. The fourth-order valence-corrected chi connectivity index (χ4v) is 2.38. The van der Waals surface area contributed by atoms with Crippen LogP contribution >= 0.6 is 0 Å². The summed E-state index contributed by atoms with van der Waals surface area (Å²) in [5.41, 5.74) is 9.00. The van der Waals surface area contributed by atoms with Crippen molar-refractivity contribution in [3.8, 4) is 0 Å². The molecule has 0 atom stereocenters. The molecule has 19 heavy (non-hydrogen) atoms. The second kappa shape index (κ2) is 4.43. The maximum atomic E-state index is 13.5. The van der Waals surface area contributed by atoms with E-state index in [2.05, 4.69) is 29.7 Å². The summed E-state index contributed by atoms with van der Waals surface area (Å²) >= 11 is 0. The van der Waals surface area contributed by atoms with Gasteiger partial charge in [-0.25, -0.2) is 4.39 Å². The largest absolute Gasteiger partial charge is 0.396 e. The first kappa shape index (κ1) is 11.8. The zero-order valence-corrected chi connectivity index (χ0v) is 10.7. The first-order valence-corrected chi connectivity index (χ1v) is 6.23. The minimum Gasteiger partial charge on any atom is -0.396 e. The molecule has 3 aromatic rings. The normalized spacial score (nSPS) is 11.1. The molecule has 0 bridgehead atoms. The van der Waals surface area contributed by atoms with Crippen LogP contribution in [0.2, 0.25) is 0 Å². The van der Waals surface area contributed by atoms with Gasteiger partial charge in [0.05, 0.1) is 5.69 Å². The zero-order chi connectivity index (χ0) is 13.4. The Hall–Kier alpha value is -2.29. The van der Waals surface area contributed by atoms with Gasteiger partial charge in [-0.05, 0) is 42.3 Å². The summed E-state index contributed by atoms with van der Waals surface area (Å²) in [6, 6.07) is 13.3. The average molecular weight is 254 g/mol. The molecule has 0 radical (unpaired) electrons. The first-order valence-electron chi connectivity index (χ1n) is 6.23. The lowest BCUT2D eigenvalue weighted by Crippen LogP contribution is -1.99. The molecular formula is C16H15FN2. The number of fused-ring (bicyclic) bond motifs is 1. The summed E-state index contributed by atoms with van der Waals surface area (Å²) < 4.78 is 15.6. The second-order valence-corrected chi connectivity index (χ2v) is 4.81. The molecule has 3 rings (SSSR count). The molecule has 0 saturated heterocycles. The van der Waals surface area contributed by atoms with Crippen LogP contribution in [0.25, 0.3) is 10.9 Å². The number of halogens is 1. The van der Waals surface area contributed by atoms with E-state index in [4.69, 9.17) is 5.73 Å². The summed E-state index contributed by atoms with van der Waals surface area (Å²) in [4.78, 5) is 0. The number of hydrogen-bond acceptors (Lipinski definition) is 1. The average Bonchev–Trinajstić information content (AvgIpc) is 2.79. The fraction of sp³-hybridized carbons (Fsp3) is 0.125. The molecule has 2 nitrogen and oxygen atoms in total. The highest BCUT2D eigenvalue weighted by atomic mass is 19.1. The van der Waals surface area contributed by atoms with Gasteiger partial charge in [-0.1, -0.05) is 18.2 Å². The van der Waals surface area contributed by atoms with E-state index >= 15 is 0 Å². The molecule has 96 valence electrons. The van der Waals surface area contributed by atoms with E-state index in [-0.39, 0.29) is 11.5 Å². The van der Waals surface area contributed by atoms with Crippen molar-refractivity contribution in [3.05, 3.63) is 65.6 Å². The number of nitrogen functional groups attached to an aromatic ring is 1. The summed E-state index contributed by atoms with van der Waals surface area (Å²) in [6.45, 7) is 2.74. The first-order chi connectivity index (χ1) is 9.15. The Labute approximate surface area is 111 Å². The molecule has 2 aromatic carbocycles. The van der Waals surface area contributed by atoms with E-state index < -0.39 is 0 Å². The van der Waals surface area contributed by atoms with Crippen molar-refractivity contribution in [1.29, 1.82) is 0 Å². The van der Waals surface area contributed by atoms with Crippen molar-refractivity contribution in [1.82, 2.24) is 4.57 Å². The van der Waals surface area contributed by atoms with E-state index in [1.807, 2.05) is 18.3 Å². The van der Waals surface area contributed by atoms with Gasteiger partial charge in [-0.3, -0.25) is 0 Å². The molecule has 3 heteroatoms. The Kier molecular flexibility index (Phi) is 2.75. The van der Waals surface area contributed by atoms with Crippen LogP contribution in [0.4, 0.5) is 10.1 Å². The molecule has 0 aliphatic rings. The SMILES string of the molecule is Cc1cccc2c1ccn2Cc1ccc(N)c(F)c1. The summed E-state index contributed by atoms with van der Waals surface area (Å²) in [5.74, 6) is -0.356. The minimum atomic E-state index is -0.356. The molecule has 0 spiro atoms. The maximum absolute atomic E-state index is 13.5. The van der Waals surface area contributed by atoms with Gasteiger partial charge in [0.15, 0.2) is 0 Å². The number of anilines is 1. The van der Waals surface area contributed by atoms with E-state index in [9.17, 15) is 4.39 Å². The number of aryl methyl sites for hydroxylation is 1. The topological polar surface area (TPSA) is 30.9 Å². The molecule has 0 saturated carbocycles. The summed E-state index contributed by atoms with van der Waals surface area (Å²) in [7, 11) is 0. The number of benzene rings is 2. The molecule has 0 unspecified atom stereocenters. The van der Waals surface area contributed by atoms with Gasteiger partial charge in [0.1, 0.15) is 5.82 Å². The number of aromatic nitrogens is 1. The van der Waals surface area contributed by atoms with Crippen LogP contribution < -0.4 is 5.73 Å². The third kappa shape index (κ3) is 2.08. The van der Waals surface area contributed by atoms with Crippen LogP contribution in [-0.2, 0) is 6.54 Å². The number of nitrogens with two attached hydrogens (primary N) is 1. The monoisotopic (exact) mass is 254 g/mol. The predicted octanol–water partition coefficient (Wildman–Crippen LogP) is 3.72. The van der Waals surface area contributed by atoms with Crippen molar-refractivity contribution in [3.63, 3.8) is 0 Å². The van der Waals surface area contributed by atoms with Crippen LogP contribution in [0.15, 0.2) is 48.7 Å². The number of hydrogen-bond donors (Lipinski definition) is 1. The van der Waals surface area contributed by atoms with Crippen LogP contribution in [0, 0.1) is 12.7 Å². The quantitative estimate of drug-likeness (QED) is 0.694. The van der Waals surface area contributed by atoms with Crippen molar-refractivity contribution < 1.29 is 4.39 Å². The van der Waals surface area contributed by atoms with Gasteiger partial charge >= 0.3 is 0 Å². The van der Waals surface area contributed by atoms with E-state index in [1.165, 1.54) is 17.0 Å². The smallest absolute Gasteiger partial charge is 0.146 e. The van der Waals surface area contributed by atoms with Crippen molar-refractivity contribution in [2.75, 3.05) is 5.73 Å². The Bertz CT molecular complexity index is 744. The summed E-state index contributed by atoms with van der Waals surface area (Å²) in [5, 5.41) is 1.23. The number of rotatable bonds is 2. The third-order valence-electron chi connectivity index (χ3n) is 3.45. The lowest BCUT2D eigenvalue weighted by Gasteiger charge is -2.07. The van der Waals surface area contributed by atoms with E-state index in [0.29, 0.717) is 6.54 Å². The molecule has 2 N–H and O–H groups in total. The highest BCUT2D eigenvalue weighted by molar-refractivity contribution is 5.83. The number of nitrogens with zero attached hydrogens (tertiary/aromatic N) is 1. The summed E-state index contributed by atoms with van der Waals surface area (Å²) in [6.07, 6.45) is 2.03. The van der Waals surface area contributed by atoms with Crippen LogP contribution in [-0.4, -0.2) is 4.57 Å². The lowest BCUT2D eigenvalue weighted by molar-refractivity contribution is 0.628. The Balaban J connectivity index is 2.01. The maximum Gasteiger partial charge on any atom is 0.146 e. The van der Waals surface area contributed by atoms with E-state index in [0.717, 1.165) is 11.1 Å².